The number of aromatic nitrogens is 1. The van der Waals surface area contributed by atoms with Gasteiger partial charge in [-0.3, -0.25) is 4.79 Å². The molecule has 0 radical (unpaired) electrons. The van der Waals surface area contributed by atoms with Crippen LogP contribution in [0.1, 0.15) is 18.2 Å². The number of esters is 1. The van der Waals surface area contributed by atoms with E-state index in [9.17, 15) is 4.79 Å². The summed E-state index contributed by atoms with van der Waals surface area (Å²) in [6, 6.07) is 5.64. The monoisotopic (exact) mass is 310 g/mol. The molecule has 1 N–H and O–H groups in total. The van der Waals surface area contributed by atoms with Crippen LogP contribution in [0.3, 0.4) is 0 Å². The predicted octanol–water partition coefficient (Wildman–Crippen LogP) is 3.95. The summed E-state index contributed by atoms with van der Waals surface area (Å²) in [5.74, 6) is -0.261. The minimum absolute atomic E-state index is 0.195. The normalized spacial score (nSPS) is 10.3. The van der Waals surface area contributed by atoms with Crippen molar-refractivity contribution in [3.8, 4) is 0 Å². The molecule has 20 heavy (non-hydrogen) atoms. The summed E-state index contributed by atoms with van der Waals surface area (Å²) in [5.41, 5.74) is 2.70. The van der Waals surface area contributed by atoms with Crippen LogP contribution in [0.5, 0.6) is 0 Å². The Kier molecular flexibility index (Phi) is 4.98. The number of anilines is 2. The van der Waals surface area contributed by atoms with Crippen molar-refractivity contribution in [2.45, 2.75) is 20.3 Å². The molecule has 0 atom stereocenters. The van der Waals surface area contributed by atoms with Gasteiger partial charge in [-0.2, -0.15) is 0 Å². The maximum atomic E-state index is 11.4. The Morgan fingerprint density at radius 1 is 1.50 bits per heavy atom. The number of thiazole rings is 1. The molecule has 0 aliphatic heterocycles. The van der Waals surface area contributed by atoms with Gasteiger partial charge in [0.1, 0.15) is 0 Å². The van der Waals surface area contributed by atoms with Crippen LogP contribution >= 0.6 is 22.9 Å². The van der Waals surface area contributed by atoms with Gasteiger partial charge in [0, 0.05) is 16.1 Å². The van der Waals surface area contributed by atoms with Gasteiger partial charge >= 0.3 is 5.97 Å². The Hall–Kier alpha value is -1.59. The van der Waals surface area contributed by atoms with Gasteiger partial charge in [-0.1, -0.05) is 17.7 Å². The van der Waals surface area contributed by atoms with E-state index >= 15 is 0 Å². The molecule has 1 aromatic heterocycles. The zero-order chi connectivity index (χ0) is 14.5. The summed E-state index contributed by atoms with van der Waals surface area (Å²) in [6.07, 6.45) is 0.195. The summed E-state index contributed by atoms with van der Waals surface area (Å²) < 4.78 is 4.90. The maximum absolute atomic E-state index is 11.4. The highest BCUT2D eigenvalue weighted by Gasteiger charge is 2.09. The lowest BCUT2D eigenvalue weighted by Crippen LogP contribution is -2.07. The van der Waals surface area contributed by atoms with Crippen LogP contribution in [0.25, 0.3) is 0 Å². The highest BCUT2D eigenvalue weighted by atomic mass is 35.5. The second-order valence-electron chi connectivity index (χ2n) is 4.21. The molecule has 0 aliphatic carbocycles. The molecule has 0 bridgehead atoms. The highest BCUT2D eigenvalue weighted by Crippen LogP contribution is 2.26. The van der Waals surface area contributed by atoms with Crippen LogP contribution in [0.4, 0.5) is 10.8 Å². The molecule has 4 nitrogen and oxygen atoms in total. The zero-order valence-electron chi connectivity index (χ0n) is 11.3. The van der Waals surface area contributed by atoms with Gasteiger partial charge in [0.05, 0.1) is 18.7 Å². The first-order valence-electron chi connectivity index (χ1n) is 6.21. The van der Waals surface area contributed by atoms with Crippen molar-refractivity contribution in [3.63, 3.8) is 0 Å². The van der Waals surface area contributed by atoms with Crippen molar-refractivity contribution in [1.82, 2.24) is 4.98 Å². The van der Waals surface area contributed by atoms with E-state index in [1.54, 1.807) is 6.92 Å². The molecule has 2 rings (SSSR count). The van der Waals surface area contributed by atoms with Crippen molar-refractivity contribution in [1.29, 1.82) is 0 Å². The molecule has 2 aromatic rings. The van der Waals surface area contributed by atoms with E-state index in [1.807, 2.05) is 30.5 Å². The number of rotatable bonds is 5. The molecule has 1 aromatic carbocycles. The average molecular weight is 311 g/mol. The molecule has 0 unspecified atom stereocenters. The number of carbonyl (C=O) groups excluding carboxylic acids is 1. The lowest BCUT2D eigenvalue weighted by atomic mass is 10.2. The number of ether oxygens (including phenoxy) is 1. The summed E-state index contributed by atoms with van der Waals surface area (Å²) in [6.45, 7) is 4.16. The molecule has 106 valence electrons. The van der Waals surface area contributed by atoms with Gasteiger partial charge in [-0.25, -0.2) is 4.98 Å². The van der Waals surface area contributed by atoms with Gasteiger partial charge in [0.2, 0.25) is 0 Å². The van der Waals surface area contributed by atoms with Crippen molar-refractivity contribution >= 4 is 39.7 Å². The van der Waals surface area contributed by atoms with E-state index in [1.165, 1.54) is 11.3 Å². The number of nitrogens with one attached hydrogen (secondary N) is 1. The predicted molar refractivity (Wildman–Crippen MR) is 81.9 cm³/mol. The molecule has 0 aliphatic rings. The lowest BCUT2D eigenvalue weighted by molar-refractivity contribution is -0.142. The smallest absolute Gasteiger partial charge is 0.311 e. The Balaban J connectivity index is 2.06. The van der Waals surface area contributed by atoms with Crippen LogP contribution in [-0.2, 0) is 16.0 Å². The fraction of sp³-hybridized carbons (Fsp3) is 0.286. The van der Waals surface area contributed by atoms with E-state index in [2.05, 4.69) is 10.3 Å². The SMILES string of the molecule is CCOC(=O)Cc1csc(Nc2cc(Cl)ccc2C)n1. The highest BCUT2D eigenvalue weighted by molar-refractivity contribution is 7.13. The quantitative estimate of drug-likeness (QED) is 0.849. The number of carbonyl (C=O) groups is 1. The number of nitrogens with zero attached hydrogens (tertiary/aromatic N) is 1. The van der Waals surface area contributed by atoms with E-state index < -0.39 is 0 Å². The summed E-state index contributed by atoms with van der Waals surface area (Å²) in [7, 11) is 0. The van der Waals surface area contributed by atoms with Crippen LogP contribution in [-0.4, -0.2) is 17.6 Å². The molecule has 0 saturated heterocycles. The number of benzene rings is 1. The van der Waals surface area contributed by atoms with Crippen LogP contribution in [0, 0.1) is 6.92 Å². The van der Waals surface area contributed by atoms with E-state index in [0.29, 0.717) is 17.3 Å². The van der Waals surface area contributed by atoms with Crippen molar-refractivity contribution in [2.24, 2.45) is 0 Å². The van der Waals surface area contributed by atoms with Crippen molar-refractivity contribution in [2.75, 3.05) is 11.9 Å². The van der Waals surface area contributed by atoms with Crippen molar-refractivity contribution < 1.29 is 9.53 Å². The molecule has 0 spiro atoms. The first-order valence-corrected chi connectivity index (χ1v) is 7.47. The molecule has 0 saturated carbocycles. The third-order valence-electron chi connectivity index (χ3n) is 2.62. The molecule has 6 heteroatoms. The Labute approximate surface area is 126 Å². The zero-order valence-corrected chi connectivity index (χ0v) is 12.8. The second-order valence-corrected chi connectivity index (χ2v) is 5.50. The fourth-order valence-corrected chi connectivity index (χ4v) is 2.54. The third-order valence-corrected chi connectivity index (χ3v) is 3.67. The van der Waals surface area contributed by atoms with Gasteiger partial charge in [-0.05, 0) is 31.5 Å². The fourth-order valence-electron chi connectivity index (χ4n) is 1.65. The number of hydrogen-bond acceptors (Lipinski definition) is 5. The van der Waals surface area contributed by atoms with Gasteiger partial charge < -0.3 is 10.1 Å². The standard InChI is InChI=1S/C14H15ClN2O2S/c1-3-19-13(18)7-11-8-20-14(16-11)17-12-6-10(15)5-4-9(12)2/h4-6,8H,3,7H2,1-2H3,(H,16,17). The van der Waals surface area contributed by atoms with E-state index in [0.717, 1.165) is 16.4 Å². The molecule has 1 heterocycles. The average Bonchev–Trinajstić information content (AvgIpc) is 2.81. The minimum Gasteiger partial charge on any atom is -0.466 e. The van der Waals surface area contributed by atoms with Crippen LogP contribution < -0.4 is 5.32 Å². The minimum atomic E-state index is -0.261. The number of hydrogen-bond donors (Lipinski definition) is 1. The summed E-state index contributed by atoms with van der Waals surface area (Å²) in [5, 5.41) is 6.46. The Bertz CT molecular complexity index is 613. The molecular weight excluding hydrogens is 296 g/mol. The summed E-state index contributed by atoms with van der Waals surface area (Å²) in [4.78, 5) is 15.7. The van der Waals surface area contributed by atoms with Crippen LogP contribution in [0.2, 0.25) is 5.02 Å². The first-order chi connectivity index (χ1) is 9.58. The van der Waals surface area contributed by atoms with Gasteiger partial charge in [-0.15, -0.1) is 11.3 Å². The number of halogens is 1. The Morgan fingerprint density at radius 2 is 2.30 bits per heavy atom. The summed E-state index contributed by atoms with van der Waals surface area (Å²) >= 11 is 7.42. The molecule has 0 fully saturated rings. The van der Waals surface area contributed by atoms with Crippen molar-refractivity contribution in [3.05, 3.63) is 39.9 Å². The first kappa shape index (κ1) is 14.8. The Morgan fingerprint density at radius 3 is 3.05 bits per heavy atom. The number of aryl methyl sites for hydroxylation is 1. The second kappa shape index (κ2) is 6.72. The topological polar surface area (TPSA) is 51.2 Å². The molecular formula is C14H15ClN2O2S. The van der Waals surface area contributed by atoms with E-state index in [-0.39, 0.29) is 12.4 Å². The largest absolute Gasteiger partial charge is 0.466 e. The third kappa shape index (κ3) is 3.95. The van der Waals surface area contributed by atoms with Gasteiger partial charge in [0.15, 0.2) is 5.13 Å². The van der Waals surface area contributed by atoms with E-state index in [4.69, 9.17) is 16.3 Å². The molecule has 0 amide bonds. The lowest BCUT2D eigenvalue weighted by Gasteiger charge is -2.06. The maximum Gasteiger partial charge on any atom is 0.311 e. The van der Waals surface area contributed by atoms with Gasteiger partial charge in [0.25, 0.3) is 0 Å². The van der Waals surface area contributed by atoms with Crippen LogP contribution in [0.15, 0.2) is 23.6 Å².